The summed E-state index contributed by atoms with van der Waals surface area (Å²) in [4.78, 5) is 0. The average Bonchev–Trinajstić information content (AvgIpc) is 2.14. The first kappa shape index (κ1) is 11.8. The van der Waals surface area contributed by atoms with Crippen LogP contribution in [0.4, 0.5) is 0 Å². The van der Waals surface area contributed by atoms with Gasteiger partial charge in [0.25, 0.3) is 0 Å². The van der Waals surface area contributed by atoms with E-state index in [1.165, 1.54) is 14.0 Å². The first-order chi connectivity index (χ1) is 6.49. The monoisotopic (exact) mass is 208 g/mol. The third kappa shape index (κ3) is 2.05. The van der Waals surface area contributed by atoms with Gasteiger partial charge in [0, 0.05) is 7.11 Å². The van der Waals surface area contributed by atoms with Crippen molar-refractivity contribution in [1.82, 2.24) is 0 Å². The van der Waals surface area contributed by atoms with Crippen molar-refractivity contribution in [3.05, 3.63) is 0 Å². The zero-order chi connectivity index (χ0) is 10.9. The Kier molecular flexibility index (Phi) is 3.82. The molecule has 6 nitrogen and oxygen atoms in total. The zero-order valence-corrected chi connectivity index (χ0v) is 8.07. The molecule has 0 saturated carbocycles. The van der Waals surface area contributed by atoms with Crippen molar-refractivity contribution in [2.24, 2.45) is 0 Å². The second-order valence-corrected chi connectivity index (χ2v) is 3.42. The van der Waals surface area contributed by atoms with E-state index in [2.05, 4.69) is 0 Å². The summed E-state index contributed by atoms with van der Waals surface area (Å²) in [7, 11) is 1.30. The van der Waals surface area contributed by atoms with Crippen LogP contribution in [0, 0.1) is 0 Å². The van der Waals surface area contributed by atoms with Crippen LogP contribution in [0.1, 0.15) is 6.92 Å². The summed E-state index contributed by atoms with van der Waals surface area (Å²) >= 11 is 0. The molecule has 1 fully saturated rings. The highest BCUT2D eigenvalue weighted by Gasteiger charge is 2.45. The predicted octanol–water partition coefficient (Wildman–Crippen LogP) is -2.18. The SMILES string of the molecule is COC1OC(C(C)O)C(O)C(O)C1O. The van der Waals surface area contributed by atoms with Crippen LogP contribution in [0.2, 0.25) is 0 Å². The average molecular weight is 208 g/mol. The van der Waals surface area contributed by atoms with Crippen LogP contribution < -0.4 is 0 Å². The molecule has 0 bridgehead atoms. The van der Waals surface area contributed by atoms with E-state index in [4.69, 9.17) is 9.47 Å². The van der Waals surface area contributed by atoms with Gasteiger partial charge in [-0.25, -0.2) is 0 Å². The third-order valence-corrected chi connectivity index (χ3v) is 2.31. The van der Waals surface area contributed by atoms with Crippen LogP contribution in [0.25, 0.3) is 0 Å². The van der Waals surface area contributed by atoms with Gasteiger partial charge in [-0.1, -0.05) is 0 Å². The summed E-state index contributed by atoms with van der Waals surface area (Å²) in [5, 5.41) is 37.4. The van der Waals surface area contributed by atoms with Crippen molar-refractivity contribution in [3.63, 3.8) is 0 Å². The molecule has 6 unspecified atom stereocenters. The van der Waals surface area contributed by atoms with E-state index in [1.54, 1.807) is 0 Å². The van der Waals surface area contributed by atoms with Crippen LogP contribution >= 0.6 is 0 Å². The molecule has 1 saturated heterocycles. The lowest BCUT2D eigenvalue weighted by atomic mass is 9.96. The smallest absolute Gasteiger partial charge is 0.186 e. The highest BCUT2D eigenvalue weighted by Crippen LogP contribution is 2.23. The van der Waals surface area contributed by atoms with E-state index in [9.17, 15) is 20.4 Å². The first-order valence-electron chi connectivity index (χ1n) is 4.39. The highest BCUT2D eigenvalue weighted by molar-refractivity contribution is 4.91. The van der Waals surface area contributed by atoms with Crippen molar-refractivity contribution in [1.29, 1.82) is 0 Å². The molecule has 14 heavy (non-hydrogen) atoms. The standard InChI is InChI=1S/C8H16O6/c1-3(9)7-5(11)4(10)6(12)8(13-2)14-7/h3-12H,1-2H3. The van der Waals surface area contributed by atoms with Gasteiger partial charge in [0.2, 0.25) is 0 Å². The molecule has 0 aromatic rings. The molecular weight excluding hydrogens is 192 g/mol. The van der Waals surface area contributed by atoms with Gasteiger partial charge in [-0.05, 0) is 6.92 Å². The lowest BCUT2D eigenvalue weighted by Gasteiger charge is -2.40. The summed E-state index contributed by atoms with van der Waals surface area (Å²) in [6.45, 7) is 1.42. The zero-order valence-electron chi connectivity index (χ0n) is 8.07. The second-order valence-electron chi connectivity index (χ2n) is 3.42. The first-order valence-corrected chi connectivity index (χ1v) is 4.39. The fourth-order valence-electron chi connectivity index (χ4n) is 1.47. The van der Waals surface area contributed by atoms with Gasteiger partial charge in [0.1, 0.15) is 24.4 Å². The van der Waals surface area contributed by atoms with Gasteiger partial charge in [0.05, 0.1) is 6.10 Å². The van der Waals surface area contributed by atoms with Crippen LogP contribution in [0.15, 0.2) is 0 Å². The molecule has 6 heteroatoms. The number of aliphatic hydroxyl groups is 4. The minimum Gasteiger partial charge on any atom is -0.391 e. The maximum absolute atomic E-state index is 9.44. The van der Waals surface area contributed by atoms with E-state index in [-0.39, 0.29) is 0 Å². The van der Waals surface area contributed by atoms with E-state index < -0.39 is 36.8 Å². The molecule has 84 valence electrons. The predicted molar refractivity (Wildman–Crippen MR) is 45.4 cm³/mol. The molecule has 0 aromatic heterocycles. The Morgan fingerprint density at radius 3 is 2.14 bits per heavy atom. The molecule has 6 atom stereocenters. The summed E-state index contributed by atoms with van der Waals surface area (Å²) in [5.74, 6) is 0. The van der Waals surface area contributed by atoms with Crippen LogP contribution in [-0.4, -0.2) is 64.3 Å². The van der Waals surface area contributed by atoms with E-state index >= 15 is 0 Å². The van der Waals surface area contributed by atoms with Crippen molar-refractivity contribution < 1.29 is 29.9 Å². The summed E-state index contributed by atoms with van der Waals surface area (Å²) in [5.41, 5.74) is 0. The van der Waals surface area contributed by atoms with Gasteiger partial charge in [-0.3, -0.25) is 0 Å². The minimum atomic E-state index is -1.38. The lowest BCUT2D eigenvalue weighted by molar-refractivity contribution is -0.302. The maximum atomic E-state index is 9.44. The van der Waals surface area contributed by atoms with Crippen LogP contribution in [-0.2, 0) is 9.47 Å². The fourth-order valence-corrected chi connectivity index (χ4v) is 1.47. The van der Waals surface area contributed by atoms with Gasteiger partial charge in [0.15, 0.2) is 6.29 Å². The molecule has 1 heterocycles. The Balaban J connectivity index is 2.73. The van der Waals surface area contributed by atoms with E-state index in [0.717, 1.165) is 0 Å². The number of rotatable bonds is 2. The number of hydrogen-bond acceptors (Lipinski definition) is 6. The molecule has 1 rings (SSSR count). The van der Waals surface area contributed by atoms with Crippen molar-refractivity contribution in [3.8, 4) is 0 Å². The Hall–Kier alpha value is -0.240. The quantitative estimate of drug-likeness (QED) is 0.412. The summed E-state index contributed by atoms with van der Waals surface area (Å²) < 4.78 is 9.81. The normalized spacial score (nSPS) is 46.3. The van der Waals surface area contributed by atoms with Gasteiger partial charge in [-0.2, -0.15) is 0 Å². The molecule has 0 amide bonds. The van der Waals surface area contributed by atoms with Gasteiger partial charge in [-0.15, -0.1) is 0 Å². The maximum Gasteiger partial charge on any atom is 0.186 e. The molecule has 1 aliphatic rings. The third-order valence-electron chi connectivity index (χ3n) is 2.31. The second kappa shape index (κ2) is 4.52. The topological polar surface area (TPSA) is 99.4 Å². The summed E-state index contributed by atoms with van der Waals surface area (Å²) in [6.07, 6.45) is -6.97. The Bertz CT molecular complexity index is 183. The fraction of sp³-hybridized carbons (Fsp3) is 1.00. The largest absolute Gasteiger partial charge is 0.391 e. The van der Waals surface area contributed by atoms with Gasteiger partial charge < -0.3 is 29.9 Å². The number of ether oxygens (including phenoxy) is 2. The molecule has 0 aliphatic carbocycles. The van der Waals surface area contributed by atoms with Crippen LogP contribution in [0.5, 0.6) is 0 Å². The number of methoxy groups -OCH3 is 1. The highest BCUT2D eigenvalue weighted by atomic mass is 16.7. The molecular formula is C8H16O6. The van der Waals surface area contributed by atoms with Crippen molar-refractivity contribution in [2.45, 2.75) is 43.7 Å². The molecule has 0 spiro atoms. The number of hydrogen-bond donors (Lipinski definition) is 4. The summed E-state index contributed by atoms with van der Waals surface area (Å²) in [6, 6.07) is 0. The van der Waals surface area contributed by atoms with E-state index in [1.807, 2.05) is 0 Å². The Labute approximate surface area is 81.7 Å². The lowest BCUT2D eigenvalue weighted by Crippen LogP contribution is -2.60. The molecule has 0 aromatic carbocycles. The Morgan fingerprint density at radius 2 is 1.71 bits per heavy atom. The van der Waals surface area contributed by atoms with Crippen LogP contribution in [0.3, 0.4) is 0 Å². The molecule has 4 N–H and O–H groups in total. The van der Waals surface area contributed by atoms with Gasteiger partial charge >= 0.3 is 0 Å². The Morgan fingerprint density at radius 1 is 1.14 bits per heavy atom. The minimum absolute atomic E-state index is 0.954. The van der Waals surface area contributed by atoms with Crippen molar-refractivity contribution >= 4 is 0 Å². The van der Waals surface area contributed by atoms with E-state index in [0.29, 0.717) is 0 Å². The number of aliphatic hydroxyl groups excluding tert-OH is 4. The molecule has 1 aliphatic heterocycles. The van der Waals surface area contributed by atoms with Crippen molar-refractivity contribution in [2.75, 3.05) is 7.11 Å². The molecule has 0 radical (unpaired) electrons.